The van der Waals surface area contributed by atoms with Crippen molar-refractivity contribution in [2.45, 2.75) is 12.1 Å². The van der Waals surface area contributed by atoms with E-state index >= 15 is 0 Å². The van der Waals surface area contributed by atoms with Crippen molar-refractivity contribution in [1.29, 1.82) is 0 Å². The molecule has 2 rings (SSSR count). The van der Waals surface area contributed by atoms with Gasteiger partial charge in [-0.2, -0.15) is 13.2 Å². The van der Waals surface area contributed by atoms with Crippen LogP contribution < -0.4 is 15.4 Å². The fourth-order valence-electron chi connectivity index (χ4n) is 2.61. The molecule has 1 unspecified atom stereocenters. The monoisotopic (exact) mass is 395 g/mol. The lowest BCUT2D eigenvalue weighted by molar-refractivity contribution is -0.138. The molecule has 8 heteroatoms. The third-order valence-electron chi connectivity index (χ3n) is 4.08. The molecule has 0 fully saturated rings. The summed E-state index contributed by atoms with van der Waals surface area (Å²) >= 11 is 0. The van der Waals surface area contributed by atoms with Crippen molar-refractivity contribution < 1.29 is 23.0 Å². The van der Waals surface area contributed by atoms with Gasteiger partial charge in [-0.25, -0.2) is 0 Å². The maximum absolute atomic E-state index is 12.9. The molecule has 0 radical (unpaired) electrons. The topological polar surface area (TPSA) is 65.9 Å². The molecular weight excluding hydrogens is 371 g/mol. The Labute approximate surface area is 162 Å². The Hall–Kier alpha value is -2.74. The number of aliphatic imine (C=N–C) groups is 1. The number of guanidine groups is 1. The van der Waals surface area contributed by atoms with Gasteiger partial charge in [0.05, 0.1) is 18.7 Å². The molecule has 0 saturated carbocycles. The Bertz CT molecular complexity index is 752. The van der Waals surface area contributed by atoms with Crippen molar-refractivity contribution >= 4 is 5.96 Å². The summed E-state index contributed by atoms with van der Waals surface area (Å²) in [6.07, 6.45) is -4.46. The van der Waals surface area contributed by atoms with E-state index < -0.39 is 11.7 Å². The van der Waals surface area contributed by atoms with Crippen molar-refractivity contribution in [3.63, 3.8) is 0 Å². The minimum Gasteiger partial charge on any atom is -0.491 e. The summed E-state index contributed by atoms with van der Waals surface area (Å²) in [7, 11) is 1.59. The first-order valence-corrected chi connectivity index (χ1v) is 8.85. The van der Waals surface area contributed by atoms with Crippen molar-refractivity contribution in [2.75, 3.05) is 33.4 Å². The lowest BCUT2D eigenvalue weighted by atomic mass is 10.0. The van der Waals surface area contributed by atoms with Crippen LogP contribution in [0.25, 0.3) is 0 Å². The van der Waals surface area contributed by atoms with E-state index in [9.17, 15) is 18.3 Å². The van der Waals surface area contributed by atoms with Gasteiger partial charge >= 0.3 is 6.18 Å². The van der Waals surface area contributed by atoms with Crippen LogP contribution >= 0.6 is 0 Å². The number of nitrogens with one attached hydrogen (secondary N) is 2. The lowest BCUT2D eigenvalue weighted by Crippen LogP contribution is -2.41. The van der Waals surface area contributed by atoms with Gasteiger partial charge in [0.15, 0.2) is 5.96 Å². The van der Waals surface area contributed by atoms with Gasteiger partial charge in [0.2, 0.25) is 0 Å². The van der Waals surface area contributed by atoms with Gasteiger partial charge in [-0.1, -0.05) is 42.5 Å². The maximum atomic E-state index is 12.9. The van der Waals surface area contributed by atoms with Crippen LogP contribution in [0, 0.1) is 0 Å². The highest BCUT2D eigenvalue weighted by Gasteiger charge is 2.33. The first-order chi connectivity index (χ1) is 13.5. The molecule has 0 aliphatic rings. The molecule has 1 atom stereocenters. The van der Waals surface area contributed by atoms with Gasteiger partial charge in [0.1, 0.15) is 12.4 Å². The Balaban J connectivity index is 1.80. The Kier molecular flexibility index (Phi) is 8.13. The molecule has 152 valence electrons. The van der Waals surface area contributed by atoms with Crippen LogP contribution in [0.4, 0.5) is 13.2 Å². The largest absolute Gasteiger partial charge is 0.491 e. The number of aliphatic hydroxyl groups is 1. The molecule has 0 aliphatic heterocycles. The normalized spacial score (nSPS) is 13.1. The quantitative estimate of drug-likeness (QED) is 0.365. The van der Waals surface area contributed by atoms with E-state index in [0.717, 1.165) is 11.6 Å². The van der Waals surface area contributed by atoms with Gasteiger partial charge in [-0.05, 0) is 17.7 Å². The van der Waals surface area contributed by atoms with Crippen LogP contribution in [-0.2, 0) is 6.18 Å². The van der Waals surface area contributed by atoms with E-state index in [0.29, 0.717) is 12.5 Å². The zero-order valence-corrected chi connectivity index (χ0v) is 15.5. The number of hydrogen-bond donors (Lipinski definition) is 3. The molecule has 0 spiro atoms. The second kappa shape index (κ2) is 10.6. The number of rotatable bonds is 8. The number of aliphatic hydroxyl groups excluding tert-OH is 1. The molecule has 2 aromatic rings. The smallest absolute Gasteiger partial charge is 0.419 e. The average Bonchev–Trinajstić information content (AvgIpc) is 2.70. The summed E-state index contributed by atoms with van der Waals surface area (Å²) in [5.41, 5.74) is 0.200. The minimum atomic E-state index is -4.46. The van der Waals surface area contributed by atoms with Gasteiger partial charge in [-0.15, -0.1) is 0 Å². The van der Waals surface area contributed by atoms with Crippen LogP contribution in [-0.4, -0.2) is 44.4 Å². The molecule has 2 aromatic carbocycles. The Morgan fingerprint density at radius 1 is 1.07 bits per heavy atom. The first kappa shape index (κ1) is 21.6. The third kappa shape index (κ3) is 6.45. The zero-order chi connectivity index (χ0) is 20.4. The number of halogens is 3. The molecular formula is C20H24F3N3O2. The summed E-state index contributed by atoms with van der Waals surface area (Å²) < 4.78 is 44.1. The fraction of sp³-hybridized carbons (Fsp3) is 0.350. The van der Waals surface area contributed by atoms with Crippen molar-refractivity contribution in [1.82, 2.24) is 10.6 Å². The van der Waals surface area contributed by atoms with Gasteiger partial charge in [-0.3, -0.25) is 4.99 Å². The lowest BCUT2D eigenvalue weighted by Gasteiger charge is -2.18. The van der Waals surface area contributed by atoms with Crippen LogP contribution in [0.3, 0.4) is 0 Å². The van der Waals surface area contributed by atoms with E-state index in [2.05, 4.69) is 15.6 Å². The van der Waals surface area contributed by atoms with Crippen LogP contribution in [0.15, 0.2) is 59.6 Å². The van der Waals surface area contributed by atoms with E-state index in [4.69, 9.17) is 4.74 Å². The predicted octanol–water partition coefficient (Wildman–Crippen LogP) is 3.03. The van der Waals surface area contributed by atoms with Gasteiger partial charge in [0.25, 0.3) is 0 Å². The van der Waals surface area contributed by atoms with E-state index in [-0.39, 0.29) is 31.4 Å². The number of para-hydroxylation sites is 1. The Morgan fingerprint density at radius 3 is 2.39 bits per heavy atom. The zero-order valence-electron chi connectivity index (χ0n) is 15.5. The van der Waals surface area contributed by atoms with Crippen LogP contribution in [0.2, 0.25) is 0 Å². The molecule has 0 bridgehead atoms. The number of hydrogen-bond acceptors (Lipinski definition) is 3. The van der Waals surface area contributed by atoms with Crippen LogP contribution in [0.1, 0.15) is 17.0 Å². The first-order valence-electron chi connectivity index (χ1n) is 8.85. The average molecular weight is 395 g/mol. The molecule has 5 nitrogen and oxygen atoms in total. The SMILES string of the molecule is CN=C(NCCOc1ccccc1C(F)(F)F)NCC(CO)c1ccccc1. The number of alkyl halides is 3. The Morgan fingerprint density at radius 2 is 1.75 bits per heavy atom. The highest BCUT2D eigenvalue weighted by molar-refractivity contribution is 5.79. The molecule has 28 heavy (non-hydrogen) atoms. The van der Waals surface area contributed by atoms with Crippen LogP contribution in [0.5, 0.6) is 5.75 Å². The van der Waals surface area contributed by atoms with Crippen molar-refractivity contribution in [3.05, 3.63) is 65.7 Å². The van der Waals surface area contributed by atoms with Crippen molar-refractivity contribution in [3.8, 4) is 5.75 Å². The fourth-order valence-corrected chi connectivity index (χ4v) is 2.61. The molecule has 0 saturated heterocycles. The standard InChI is InChI=1S/C20H24F3N3O2/c1-24-19(26-13-16(14-27)15-7-3-2-4-8-15)25-11-12-28-18-10-6-5-9-17(18)20(21,22)23/h2-10,16,27H,11-14H2,1H3,(H2,24,25,26). The van der Waals surface area contributed by atoms with Gasteiger partial charge < -0.3 is 20.5 Å². The maximum Gasteiger partial charge on any atom is 0.419 e. The molecule has 0 aliphatic carbocycles. The van der Waals surface area contributed by atoms with E-state index in [1.165, 1.54) is 18.2 Å². The highest BCUT2D eigenvalue weighted by Crippen LogP contribution is 2.35. The van der Waals surface area contributed by atoms with Gasteiger partial charge in [0, 0.05) is 19.5 Å². The number of benzene rings is 2. The number of nitrogens with zero attached hydrogens (tertiary/aromatic N) is 1. The molecule has 0 heterocycles. The molecule has 0 aromatic heterocycles. The summed E-state index contributed by atoms with van der Waals surface area (Å²) in [4.78, 5) is 4.07. The molecule has 0 amide bonds. The summed E-state index contributed by atoms with van der Waals surface area (Å²) in [6, 6.07) is 14.7. The van der Waals surface area contributed by atoms with E-state index in [1.807, 2.05) is 30.3 Å². The highest BCUT2D eigenvalue weighted by atomic mass is 19.4. The summed E-state index contributed by atoms with van der Waals surface area (Å²) in [6.45, 7) is 0.736. The minimum absolute atomic E-state index is 0.0225. The summed E-state index contributed by atoms with van der Waals surface area (Å²) in [5.74, 6) is 0.168. The second-order valence-electron chi connectivity index (χ2n) is 6.01. The second-order valence-corrected chi connectivity index (χ2v) is 6.01. The molecule has 3 N–H and O–H groups in total. The number of ether oxygens (including phenoxy) is 1. The summed E-state index contributed by atoms with van der Waals surface area (Å²) in [5, 5.41) is 15.7. The van der Waals surface area contributed by atoms with Crippen molar-refractivity contribution in [2.24, 2.45) is 4.99 Å². The third-order valence-corrected chi connectivity index (χ3v) is 4.08. The predicted molar refractivity (Wildman–Crippen MR) is 103 cm³/mol. The van der Waals surface area contributed by atoms with E-state index in [1.54, 1.807) is 7.05 Å².